The Kier molecular flexibility index (Phi) is 18.6. The summed E-state index contributed by atoms with van der Waals surface area (Å²) >= 11 is 7.80. The number of nitrogens with zero attached hydrogens (tertiary/aromatic N) is 6. The molecule has 3 heterocycles. The van der Waals surface area contributed by atoms with Gasteiger partial charge in [-0.2, -0.15) is 13.2 Å². The summed E-state index contributed by atoms with van der Waals surface area (Å²) in [6, 6.07) is 34.2. The molecule has 77 heavy (non-hydrogen) atoms. The fraction of sp³-hybridized carbons (Fsp3) is 0.375. The van der Waals surface area contributed by atoms with Gasteiger partial charge in [-0.15, -0.1) is 11.8 Å². The van der Waals surface area contributed by atoms with E-state index < -0.39 is 41.2 Å². The lowest BCUT2D eigenvalue weighted by molar-refractivity contribution is -0.0435. The summed E-state index contributed by atoms with van der Waals surface area (Å²) in [5.41, 5.74) is 0.994. The van der Waals surface area contributed by atoms with Crippen molar-refractivity contribution in [2.75, 3.05) is 119 Å². The molecule has 2 aliphatic heterocycles. The largest absolute Gasteiger partial charge is 0.501 e. The van der Waals surface area contributed by atoms with Crippen LogP contribution in [0.25, 0.3) is 22.4 Å². The zero-order valence-corrected chi connectivity index (χ0v) is 47.2. The highest BCUT2D eigenvalue weighted by atomic mass is 35.5. The molecule has 412 valence electrons. The Labute approximate surface area is 460 Å². The summed E-state index contributed by atoms with van der Waals surface area (Å²) in [6.45, 7) is 10.7. The molecule has 8 rings (SSSR count). The molecule has 1 atom stereocenters. The maximum Gasteiger partial charge on any atom is 0.501 e. The van der Waals surface area contributed by atoms with Crippen LogP contribution in [-0.4, -0.2) is 152 Å². The molecule has 0 bridgehead atoms. The standard InChI is InChI=1S/C56H67ClF3N9O5S3/c1-40-52(55(70)61-26-10-27-67-31-29-65(4)30-32-67)53(54(66(40)5)41-15-17-43(57)18-16-41)42-11-9-12-47(37-42)69-35-33-68(34-36-69)46-21-19-44(20-22-46)63-77(73,74)49-23-24-50(51(38-49)76(71,72)56(58,59)60)62-45(25-28-64(2)3)39-75-48-13-7-6-8-14-48/h6-9,11-24,37-38,45,62-63H,10,25-36,39H2,1-5H3,(H,61,70). The third kappa shape index (κ3) is 14.1. The number of piperazine rings is 2. The van der Waals surface area contributed by atoms with Crippen molar-refractivity contribution in [2.45, 2.75) is 46.0 Å². The van der Waals surface area contributed by atoms with Crippen molar-refractivity contribution in [2.24, 2.45) is 7.05 Å². The molecule has 14 nitrogen and oxygen atoms in total. The Morgan fingerprint density at radius 2 is 1.43 bits per heavy atom. The van der Waals surface area contributed by atoms with Crippen molar-refractivity contribution in [1.82, 2.24) is 24.6 Å². The van der Waals surface area contributed by atoms with Gasteiger partial charge in [0.2, 0.25) is 0 Å². The highest BCUT2D eigenvalue weighted by Crippen LogP contribution is 2.41. The third-order valence-corrected chi connectivity index (χ3v) is 18.5. The summed E-state index contributed by atoms with van der Waals surface area (Å²) in [5.74, 6) is 0.277. The van der Waals surface area contributed by atoms with Gasteiger partial charge in [-0.1, -0.05) is 54.1 Å². The van der Waals surface area contributed by atoms with Crippen LogP contribution >= 0.6 is 23.4 Å². The average molecular weight is 1130 g/mol. The lowest BCUT2D eigenvalue weighted by atomic mass is 9.95. The van der Waals surface area contributed by atoms with Gasteiger partial charge in [0.05, 0.1) is 21.8 Å². The Balaban J connectivity index is 0.950. The molecule has 2 saturated heterocycles. The highest BCUT2D eigenvalue weighted by Gasteiger charge is 2.48. The first kappa shape index (κ1) is 57.4. The number of alkyl halides is 3. The maximum atomic E-state index is 14.2. The number of hydrogen-bond acceptors (Lipinski definition) is 12. The van der Waals surface area contributed by atoms with Crippen LogP contribution in [0.15, 0.2) is 136 Å². The van der Waals surface area contributed by atoms with Gasteiger partial charge >= 0.3 is 5.51 Å². The van der Waals surface area contributed by atoms with E-state index in [0.717, 1.165) is 95.6 Å². The molecule has 0 aliphatic carbocycles. The lowest BCUT2D eigenvalue weighted by Gasteiger charge is -2.37. The fourth-order valence-corrected chi connectivity index (χ4v) is 12.9. The average Bonchev–Trinajstić information content (AvgIpc) is 3.68. The van der Waals surface area contributed by atoms with Crippen molar-refractivity contribution < 1.29 is 34.8 Å². The number of sulfonamides is 1. The van der Waals surface area contributed by atoms with Crippen molar-refractivity contribution in [3.05, 3.63) is 138 Å². The maximum absolute atomic E-state index is 14.2. The topological polar surface area (TPSA) is 143 Å². The molecular weight excluding hydrogens is 1070 g/mol. The Bertz CT molecular complexity index is 3200. The molecule has 2 aliphatic rings. The first-order valence-corrected chi connectivity index (χ1v) is 29.9. The van der Waals surface area contributed by atoms with Crippen LogP contribution in [0.1, 0.15) is 28.9 Å². The van der Waals surface area contributed by atoms with Gasteiger partial charge in [0.1, 0.15) is 4.90 Å². The second-order valence-corrected chi connectivity index (χ2v) is 25.0. The number of thioether (sulfide) groups is 1. The number of sulfone groups is 1. The summed E-state index contributed by atoms with van der Waals surface area (Å²) in [7, 11) is -2.73. The predicted molar refractivity (Wildman–Crippen MR) is 306 cm³/mol. The number of anilines is 4. The highest BCUT2D eigenvalue weighted by molar-refractivity contribution is 7.99. The van der Waals surface area contributed by atoms with E-state index in [4.69, 9.17) is 11.6 Å². The van der Waals surface area contributed by atoms with Gasteiger partial charge in [-0.25, -0.2) is 16.8 Å². The summed E-state index contributed by atoms with van der Waals surface area (Å²) in [5, 5.41) is 6.85. The zero-order chi connectivity index (χ0) is 55.1. The van der Waals surface area contributed by atoms with E-state index in [1.54, 1.807) is 24.3 Å². The van der Waals surface area contributed by atoms with Crippen LogP contribution in [0.3, 0.4) is 0 Å². The number of carbonyl (C=O) groups excluding carboxylic acids is 1. The minimum Gasteiger partial charge on any atom is -0.380 e. The summed E-state index contributed by atoms with van der Waals surface area (Å²) in [4.78, 5) is 24.5. The molecule has 5 aromatic carbocycles. The second-order valence-electron chi connectivity index (χ2n) is 19.8. The van der Waals surface area contributed by atoms with Crippen molar-refractivity contribution in [3.63, 3.8) is 0 Å². The van der Waals surface area contributed by atoms with Gasteiger partial charge in [-0.3, -0.25) is 9.52 Å². The molecular formula is C56H67ClF3N9O5S3. The summed E-state index contributed by atoms with van der Waals surface area (Å²) < 4.78 is 101. The second kappa shape index (κ2) is 24.9. The molecule has 6 aromatic rings. The van der Waals surface area contributed by atoms with Gasteiger partial charge in [0, 0.05) is 116 Å². The number of aromatic nitrogens is 1. The monoisotopic (exact) mass is 1130 g/mol. The number of halogens is 4. The first-order valence-electron chi connectivity index (χ1n) is 25.6. The number of hydrogen-bond donors (Lipinski definition) is 3. The van der Waals surface area contributed by atoms with Crippen LogP contribution in [0, 0.1) is 6.92 Å². The molecule has 21 heteroatoms. The van der Waals surface area contributed by atoms with Gasteiger partial charge < -0.3 is 39.7 Å². The van der Waals surface area contributed by atoms with E-state index in [1.807, 2.05) is 99.7 Å². The van der Waals surface area contributed by atoms with Crippen LogP contribution < -0.4 is 25.2 Å². The molecule has 2 fully saturated rings. The van der Waals surface area contributed by atoms with E-state index in [2.05, 4.69) is 58.7 Å². The van der Waals surface area contributed by atoms with Crippen LogP contribution in [-0.2, 0) is 26.9 Å². The van der Waals surface area contributed by atoms with Gasteiger partial charge in [0.15, 0.2) is 0 Å². The van der Waals surface area contributed by atoms with E-state index in [-0.39, 0.29) is 17.3 Å². The molecule has 1 unspecified atom stereocenters. The first-order chi connectivity index (χ1) is 36.7. The Hall–Kier alpha value is -5.74. The van der Waals surface area contributed by atoms with E-state index in [9.17, 15) is 34.8 Å². The van der Waals surface area contributed by atoms with Crippen molar-refractivity contribution in [1.29, 1.82) is 0 Å². The minimum atomic E-state index is -5.99. The van der Waals surface area contributed by atoms with E-state index >= 15 is 0 Å². The fourth-order valence-electron chi connectivity index (χ4n) is 9.69. The summed E-state index contributed by atoms with van der Waals surface area (Å²) in [6.07, 6.45) is 1.31. The van der Waals surface area contributed by atoms with Crippen molar-refractivity contribution in [3.8, 4) is 22.4 Å². The third-order valence-electron chi connectivity index (χ3n) is 14.2. The lowest BCUT2D eigenvalue weighted by Crippen LogP contribution is -2.46. The number of likely N-dealkylation sites (N-methyl/N-ethyl adjacent to an activating group) is 1. The normalized spacial score (nSPS) is 15.5. The van der Waals surface area contributed by atoms with Gasteiger partial charge in [-0.05, 0) is 144 Å². The SMILES string of the molecule is Cc1c(C(=O)NCCCN2CCN(C)CC2)c(-c2cccc(N3CCN(c4ccc(NS(=O)(=O)c5ccc(NC(CCN(C)C)CSc6ccccc6)c(S(=O)(=O)C(F)(F)F)c5)cc4)CC3)c2)c(-c2ccc(Cl)cc2)n1C. The minimum absolute atomic E-state index is 0.119. The molecule has 1 amide bonds. The molecule has 0 spiro atoms. The number of rotatable bonds is 21. The number of carbonyl (C=O) groups is 1. The smallest absolute Gasteiger partial charge is 0.380 e. The van der Waals surface area contributed by atoms with Crippen LogP contribution in [0.5, 0.6) is 0 Å². The zero-order valence-electron chi connectivity index (χ0n) is 44.0. The molecule has 3 N–H and O–H groups in total. The van der Waals surface area contributed by atoms with Crippen molar-refractivity contribution >= 4 is 71.9 Å². The Morgan fingerprint density at radius 3 is 2.08 bits per heavy atom. The Morgan fingerprint density at radius 1 is 0.766 bits per heavy atom. The molecule has 1 aromatic heterocycles. The van der Waals surface area contributed by atoms with Gasteiger partial charge in [0.25, 0.3) is 25.8 Å². The number of amides is 1. The number of benzene rings is 5. The van der Waals surface area contributed by atoms with Crippen LogP contribution in [0.2, 0.25) is 5.02 Å². The molecule has 0 saturated carbocycles. The van der Waals surface area contributed by atoms with E-state index in [0.29, 0.717) is 68.1 Å². The quantitative estimate of drug-likeness (QED) is 0.0467. The predicted octanol–water partition coefficient (Wildman–Crippen LogP) is 9.63. The van der Waals surface area contributed by atoms with Crippen LogP contribution in [0.4, 0.5) is 35.9 Å². The van der Waals surface area contributed by atoms with E-state index in [1.165, 1.54) is 11.8 Å². The molecule has 0 radical (unpaired) electrons. The number of nitrogens with one attached hydrogen (secondary N) is 3.